The molecule has 2 unspecified atom stereocenters. The van der Waals surface area contributed by atoms with Gasteiger partial charge >= 0.3 is 39.5 Å². The van der Waals surface area contributed by atoms with E-state index in [-0.39, 0.29) is 25.7 Å². The molecule has 0 bridgehead atoms. The zero-order chi connectivity index (χ0) is 72.7. The quantitative estimate of drug-likeness (QED) is 0.0222. The second kappa shape index (κ2) is 73.0. The number of aliphatic hydroxyl groups excluding tert-OH is 1. The molecule has 0 saturated carbocycles. The van der Waals surface area contributed by atoms with E-state index >= 15 is 0 Å². The normalized spacial score (nSPS) is 13.9. The minimum Gasteiger partial charge on any atom is -0.462 e. The van der Waals surface area contributed by atoms with Gasteiger partial charge in [0.25, 0.3) is 0 Å². The summed E-state index contributed by atoms with van der Waals surface area (Å²) in [5.41, 5.74) is 0. The summed E-state index contributed by atoms with van der Waals surface area (Å²) in [6, 6.07) is 0. The van der Waals surface area contributed by atoms with Crippen LogP contribution in [0.25, 0.3) is 0 Å². The summed E-state index contributed by atoms with van der Waals surface area (Å²) >= 11 is 0. The second-order valence-corrected chi connectivity index (χ2v) is 32.2. The van der Waals surface area contributed by atoms with E-state index in [0.29, 0.717) is 25.7 Å². The molecule has 3 N–H and O–H groups in total. The summed E-state index contributed by atoms with van der Waals surface area (Å²) in [4.78, 5) is 73.0. The molecular formula is C80H156O17P2. The van der Waals surface area contributed by atoms with E-state index in [0.717, 1.165) is 95.8 Å². The molecule has 5 atom stereocenters. The first kappa shape index (κ1) is 97.1. The number of phosphoric acid groups is 2. The Kier molecular flexibility index (Phi) is 71.6. The molecule has 0 radical (unpaired) electrons. The molecule has 0 heterocycles. The molecule has 19 heteroatoms. The Bertz CT molecular complexity index is 1890. The maximum absolute atomic E-state index is 13.1. The molecular weight excluding hydrogens is 1290 g/mol. The van der Waals surface area contributed by atoms with Crippen molar-refractivity contribution in [3.05, 3.63) is 0 Å². The molecule has 0 saturated heterocycles. The lowest BCUT2D eigenvalue weighted by atomic mass is 10.0. The van der Waals surface area contributed by atoms with Crippen molar-refractivity contribution in [3.63, 3.8) is 0 Å². The molecule has 0 amide bonds. The lowest BCUT2D eigenvalue weighted by Gasteiger charge is -2.21. The topological polar surface area (TPSA) is 237 Å². The molecule has 0 rings (SSSR count). The third-order valence-electron chi connectivity index (χ3n) is 18.8. The number of ether oxygens (including phenoxy) is 4. The molecule has 0 aromatic carbocycles. The molecule has 99 heavy (non-hydrogen) atoms. The first-order valence-electron chi connectivity index (χ1n) is 41.6. The maximum Gasteiger partial charge on any atom is 0.472 e. The highest BCUT2D eigenvalue weighted by Gasteiger charge is 2.30. The van der Waals surface area contributed by atoms with Crippen LogP contribution in [0.5, 0.6) is 0 Å². The third kappa shape index (κ3) is 74.1. The van der Waals surface area contributed by atoms with Crippen LogP contribution in [0.3, 0.4) is 0 Å². The van der Waals surface area contributed by atoms with Crippen LogP contribution in [0.15, 0.2) is 0 Å². The van der Waals surface area contributed by atoms with Gasteiger partial charge in [-0.2, -0.15) is 0 Å². The predicted octanol–water partition coefficient (Wildman–Crippen LogP) is 24.0. The van der Waals surface area contributed by atoms with E-state index < -0.39 is 97.5 Å². The van der Waals surface area contributed by atoms with Gasteiger partial charge in [-0.1, -0.05) is 375 Å². The van der Waals surface area contributed by atoms with Crippen LogP contribution in [0.4, 0.5) is 0 Å². The van der Waals surface area contributed by atoms with Gasteiger partial charge in [0.05, 0.1) is 26.4 Å². The van der Waals surface area contributed by atoms with Crippen molar-refractivity contribution >= 4 is 39.5 Å². The number of carbonyl (C=O) groups is 4. The molecule has 0 aliphatic carbocycles. The second-order valence-electron chi connectivity index (χ2n) is 29.3. The zero-order valence-corrected chi connectivity index (χ0v) is 66.4. The Morgan fingerprint density at radius 2 is 0.465 bits per heavy atom. The SMILES string of the molecule is CCCCCCCCCCCCCCCCCCCC(=O)OC[C@H](COP(=O)(O)OC[C@@H](O)COP(=O)(O)OC[C@@H](COC(=O)CCCCCCCCCCCCC)OC(=O)CCCCCCCCCCCCCCC)OC(=O)CCCCCCCCCCCCCCCCCC(C)C. The fourth-order valence-electron chi connectivity index (χ4n) is 12.4. The summed E-state index contributed by atoms with van der Waals surface area (Å²) in [6.07, 6.45) is 63.7. The van der Waals surface area contributed by atoms with Gasteiger partial charge in [-0.15, -0.1) is 0 Å². The molecule has 0 spiro atoms. The van der Waals surface area contributed by atoms with Crippen molar-refractivity contribution in [3.8, 4) is 0 Å². The summed E-state index contributed by atoms with van der Waals surface area (Å²) < 4.78 is 68.7. The Morgan fingerprint density at radius 1 is 0.273 bits per heavy atom. The number of aliphatic hydroxyl groups is 1. The lowest BCUT2D eigenvalue weighted by Crippen LogP contribution is -2.30. The lowest BCUT2D eigenvalue weighted by molar-refractivity contribution is -0.161. The fourth-order valence-corrected chi connectivity index (χ4v) is 14.0. The number of hydrogen-bond donors (Lipinski definition) is 3. The van der Waals surface area contributed by atoms with Crippen LogP contribution in [0, 0.1) is 5.92 Å². The van der Waals surface area contributed by atoms with Crippen LogP contribution in [0.1, 0.15) is 426 Å². The van der Waals surface area contributed by atoms with Crippen molar-refractivity contribution < 1.29 is 80.2 Å². The minimum atomic E-state index is -4.96. The van der Waals surface area contributed by atoms with E-state index in [1.165, 1.54) is 250 Å². The van der Waals surface area contributed by atoms with Gasteiger partial charge in [-0.3, -0.25) is 37.3 Å². The van der Waals surface area contributed by atoms with Crippen molar-refractivity contribution in [2.45, 2.75) is 445 Å². The molecule has 0 aliphatic rings. The number of esters is 4. The smallest absolute Gasteiger partial charge is 0.462 e. The van der Waals surface area contributed by atoms with Crippen molar-refractivity contribution in [2.75, 3.05) is 39.6 Å². The van der Waals surface area contributed by atoms with Gasteiger partial charge in [0.2, 0.25) is 0 Å². The van der Waals surface area contributed by atoms with Gasteiger partial charge in [0.1, 0.15) is 19.3 Å². The largest absolute Gasteiger partial charge is 0.472 e. The molecule has 0 aromatic heterocycles. The maximum atomic E-state index is 13.1. The predicted molar refractivity (Wildman–Crippen MR) is 405 cm³/mol. The number of phosphoric ester groups is 2. The highest BCUT2D eigenvalue weighted by atomic mass is 31.2. The first-order valence-corrected chi connectivity index (χ1v) is 44.6. The summed E-state index contributed by atoms with van der Waals surface area (Å²) in [5.74, 6) is -1.30. The monoisotopic (exact) mass is 1450 g/mol. The van der Waals surface area contributed by atoms with Crippen LogP contribution < -0.4 is 0 Å². The van der Waals surface area contributed by atoms with Gasteiger partial charge in [0, 0.05) is 25.7 Å². The number of hydrogen-bond acceptors (Lipinski definition) is 15. The Labute approximate surface area is 607 Å². The van der Waals surface area contributed by atoms with E-state index in [1.54, 1.807) is 0 Å². The van der Waals surface area contributed by atoms with Crippen LogP contribution >= 0.6 is 15.6 Å². The average Bonchev–Trinajstić information content (AvgIpc) is 1.10. The standard InChI is InChI=1S/C80H156O17P2/c1-6-9-12-15-18-21-24-26-27-28-31-35-39-44-49-54-59-64-78(83)91-70-76(97-80(85)66-61-56-51-46-41-36-32-29-30-34-38-42-47-52-57-62-73(4)5)72-95-99(88,89)93-68-74(81)67-92-98(86,87)94-71-75(69-90-77(82)63-58-53-48-43-37-23-20-17-14-11-8-3)96-79(84)65-60-55-50-45-40-33-25-22-19-16-13-10-7-2/h73-76,81H,6-72H2,1-5H3,(H,86,87)(H,88,89)/t74-,75+,76+/m0/s1. The zero-order valence-electron chi connectivity index (χ0n) is 64.6. The highest BCUT2D eigenvalue weighted by Crippen LogP contribution is 2.45. The van der Waals surface area contributed by atoms with Crippen molar-refractivity contribution in [1.29, 1.82) is 0 Å². The first-order chi connectivity index (χ1) is 48.0. The summed E-state index contributed by atoms with van der Waals surface area (Å²) in [6.45, 7) is 7.35. The van der Waals surface area contributed by atoms with Gasteiger partial charge < -0.3 is 33.8 Å². The Balaban J connectivity index is 5.24. The fraction of sp³-hybridized carbons (Fsp3) is 0.950. The number of unbranched alkanes of at least 4 members (excludes halogenated alkanes) is 52. The Morgan fingerprint density at radius 3 is 0.687 bits per heavy atom. The minimum absolute atomic E-state index is 0.108. The van der Waals surface area contributed by atoms with Gasteiger partial charge in [-0.05, 0) is 31.6 Å². The Hall–Kier alpha value is -1.94. The van der Waals surface area contributed by atoms with E-state index in [1.807, 2.05) is 0 Å². The van der Waals surface area contributed by atoms with Crippen LogP contribution in [0.2, 0.25) is 0 Å². The molecule has 0 fully saturated rings. The molecule has 0 aromatic rings. The molecule has 588 valence electrons. The number of carbonyl (C=O) groups excluding carboxylic acids is 4. The van der Waals surface area contributed by atoms with E-state index in [9.17, 15) is 43.2 Å². The summed E-state index contributed by atoms with van der Waals surface area (Å²) in [7, 11) is -9.92. The van der Waals surface area contributed by atoms with Crippen LogP contribution in [-0.2, 0) is 65.4 Å². The van der Waals surface area contributed by atoms with E-state index in [4.69, 9.17) is 37.0 Å². The van der Waals surface area contributed by atoms with Gasteiger partial charge in [0.15, 0.2) is 12.2 Å². The highest BCUT2D eigenvalue weighted by molar-refractivity contribution is 7.47. The van der Waals surface area contributed by atoms with Crippen molar-refractivity contribution in [1.82, 2.24) is 0 Å². The number of rotatable bonds is 80. The average molecular weight is 1450 g/mol. The molecule has 17 nitrogen and oxygen atoms in total. The molecule has 0 aliphatic heterocycles. The van der Waals surface area contributed by atoms with Crippen LogP contribution in [-0.4, -0.2) is 96.7 Å². The van der Waals surface area contributed by atoms with Gasteiger partial charge in [-0.25, -0.2) is 9.13 Å². The van der Waals surface area contributed by atoms with E-state index in [2.05, 4.69) is 34.6 Å². The third-order valence-corrected chi connectivity index (χ3v) is 20.7. The summed E-state index contributed by atoms with van der Waals surface area (Å²) in [5, 5.41) is 10.6. The van der Waals surface area contributed by atoms with Crippen molar-refractivity contribution in [2.24, 2.45) is 5.92 Å².